The van der Waals surface area contributed by atoms with Crippen molar-refractivity contribution >= 4 is 17.5 Å². The predicted molar refractivity (Wildman–Crippen MR) is 92.1 cm³/mol. The van der Waals surface area contributed by atoms with Crippen molar-refractivity contribution in [3.05, 3.63) is 65.2 Å². The lowest BCUT2D eigenvalue weighted by molar-refractivity contribution is -0.133. The molecule has 0 aliphatic rings. The fourth-order valence-corrected chi connectivity index (χ4v) is 2.37. The topological polar surface area (TPSA) is 49.4 Å². The summed E-state index contributed by atoms with van der Waals surface area (Å²) < 4.78 is 0. The Labute approximate surface area is 137 Å². The van der Waals surface area contributed by atoms with Crippen molar-refractivity contribution in [3.8, 4) is 0 Å². The number of nitrogens with one attached hydrogen (secondary N) is 1. The molecule has 0 spiro atoms. The summed E-state index contributed by atoms with van der Waals surface area (Å²) in [5.74, 6) is -0.313. The van der Waals surface area contributed by atoms with Crippen LogP contribution >= 0.6 is 0 Å². The van der Waals surface area contributed by atoms with Gasteiger partial charge in [0.15, 0.2) is 0 Å². The molecule has 0 saturated carbocycles. The molecular formula is C19H22N2O2. The van der Waals surface area contributed by atoms with Gasteiger partial charge < -0.3 is 10.2 Å². The van der Waals surface area contributed by atoms with E-state index in [0.29, 0.717) is 6.54 Å². The second-order valence-corrected chi connectivity index (χ2v) is 5.72. The van der Waals surface area contributed by atoms with Crippen molar-refractivity contribution < 1.29 is 9.59 Å². The van der Waals surface area contributed by atoms with Crippen molar-refractivity contribution in [3.63, 3.8) is 0 Å². The minimum Gasteiger partial charge on any atom is -0.329 e. The summed E-state index contributed by atoms with van der Waals surface area (Å²) >= 11 is 0. The van der Waals surface area contributed by atoms with E-state index in [4.69, 9.17) is 0 Å². The van der Waals surface area contributed by atoms with Crippen LogP contribution in [0.1, 0.15) is 23.6 Å². The number of anilines is 1. The van der Waals surface area contributed by atoms with Gasteiger partial charge in [0, 0.05) is 19.2 Å². The summed E-state index contributed by atoms with van der Waals surface area (Å²) in [5.41, 5.74) is 3.98. The van der Waals surface area contributed by atoms with Gasteiger partial charge in [-0.2, -0.15) is 0 Å². The molecule has 2 amide bonds. The molecule has 4 heteroatoms. The molecule has 0 saturated heterocycles. The van der Waals surface area contributed by atoms with Crippen molar-refractivity contribution in [2.24, 2.45) is 0 Å². The minimum absolute atomic E-state index is 0.0393. The largest absolute Gasteiger partial charge is 0.329 e. The van der Waals surface area contributed by atoms with Crippen LogP contribution in [0.3, 0.4) is 0 Å². The third-order valence-corrected chi connectivity index (χ3v) is 3.70. The number of benzene rings is 2. The van der Waals surface area contributed by atoms with E-state index in [1.165, 1.54) is 6.92 Å². The van der Waals surface area contributed by atoms with E-state index in [0.717, 1.165) is 22.4 Å². The molecule has 0 radical (unpaired) electrons. The zero-order chi connectivity index (χ0) is 16.8. The maximum absolute atomic E-state index is 12.2. The zero-order valence-electron chi connectivity index (χ0n) is 13.8. The molecule has 2 aromatic rings. The van der Waals surface area contributed by atoms with Gasteiger partial charge in [-0.25, -0.2) is 0 Å². The first kappa shape index (κ1) is 16.7. The van der Waals surface area contributed by atoms with Crippen molar-refractivity contribution in [2.45, 2.75) is 27.3 Å². The highest BCUT2D eigenvalue weighted by atomic mass is 16.2. The first-order valence-electron chi connectivity index (χ1n) is 7.62. The van der Waals surface area contributed by atoms with Crippen LogP contribution in [-0.2, 0) is 16.1 Å². The Morgan fingerprint density at radius 3 is 2.43 bits per heavy atom. The van der Waals surface area contributed by atoms with Gasteiger partial charge in [-0.3, -0.25) is 9.59 Å². The minimum atomic E-state index is -0.195. The third-order valence-electron chi connectivity index (χ3n) is 3.70. The van der Waals surface area contributed by atoms with Gasteiger partial charge in [0.2, 0.25) is 11.8 Å². The van der Waals surface area contributed by atoms with E-state index in [-0.39, 0.29) is 18.4 Å². The van der Waals surface area contributed by atoms with E-state index < -0.39 is 0 Å². The molecule has 2 rings (SSSR count). The van der Waals surface area contributed by atoms with Crippen LogP contribution < -0.4 is 5.32 Å². The van der Waals surface area contributed by atoms with Crippen molar-refractivity contribution in [2.75, 3.05) is 11.9 Å². The Morgan fingerprint density at radius 1 is 1.04 bits per heavy atom. The van der Waals surface area contributed by atoms with Crippen molar-refractivity contribution in [1.82, 2.24) is 4.90 Å². The number of nitrogens with zero attached hydrogens (tertiary/aromatic N) is 1. The van der Waals surface area contributed by atoms with Gasteiger partial charge in [-0.05, 0) is 42.7 Å². The van der Waals surface area contributed by atoms with Gasteiger partial charge >= 0.3 is 0 Å². The van der Waals surface area contributed by atoms with E-state index in [9.17, 15) is 9.59 Å². The SMILES string of the molecule is CC(=O)N(CC(=O)Nc1cccc(C)c1)Cc1ccccc1C. The molecule has 4 nitrogen and oxygen atoms in total. The average molecular weight is 310 g/mol. The summed E-state index contributed by atoms with van der Waals surface area (Å²) in [5, 5.41) is 2.84. The Balaban J connectivity index is 2.03. The second kappa shape index (κ2) is 7.58. The van der Waals surface area contributed by atoms with Crippen molar-refractivity contribution in [1.29, 1.82) is 0 Å². The molecule has 0 fully saturated rings. The second-order valence-electron chi connectivity index (χ2n) is 5.72. The number of hydrogen-bond acceptors (Lipinski definition) is 2. The van der Waals surface area contributed by atoms with Crippen LogP contribution in [0.2, 0.25) is 0 Å². The summed E-state index contributed by atoms with van der Waals surface area (Å²) in [4.78, 5) is 25.6. The standard InChI is InChI=1S/C19H22N2O2/c1-14-7-6-10-18(11-14)20-19(23)13-21(16(3)22)12-17-9-5-4-8-15(17)2/h4-11H,12-13H2,1-3H3,(H,20,23). The van der Waals surface area contributed by atoms with E-state index in [2.05, 4.69) is 5.32 Å². The summed E-state index contributed by atoms with van der Waals surface area (Å²) in [6, 6.07) is 15.5. The average Bonchev–Trinajstić information content (AvgIpc) is 2.48. The normalized spacial score (nSPS) is 10.2. The number of hydrogen-bond donors (Lipinski definition) is 1. The Bertz CT molecular complexity index is 710. The Morgan fingerprint density at radius 2 is 1.78 bits per heavy atom. The van der Waals surface area contributed by atoms with Crippen LogP contribution in [0.5, 0.6) is 0 Å². The smallest absolute Gasteiger partial charge is 0.244 e. The van der Waals surface area contributed by atoms with Gasteiger partial charge in [0.1, 0.15) is 6.54 Å². The van der Waals surface area contributed by atoms with E-state index in [1.54, 1.807) is 4.90 Å². The number of rotatable bonds is 5. The lowest BCUT2D eigenvalue weighted by atomic mass is 10.1. The van der Waals surface area contributed by atoms with E-state index >= 15 is 0 Å². The monoisotopic (exact) mass is 310 g/mol. The zero-order valence-corrected chi connectivity index (χ0v) is 13.8. The summed E-state index contributed by atoms with van der Waals surface area (Å²) in [6.07, 6.45) is 0. The highest BCUT2D eigenvalue weighted by Gasteiger charge is 2.15. The van der Waals surface area contributed by atoms with Crippen LogP contribution in [0.25, 0.3) is 0 Å². The highest BCUT2D eigenvalue weighted by molar-refractivity contribution is 5.94. The first-order chi connectivity index (χ1) is 11.0. The molecule has 2 aromatic carbocycles. The predicted octanol–water partition coefficient (Wildman–Crippen LogP) is 3.29. The molecule has 0 aliphatic heterocycles. The number of carbonyl (C=O) groups is 2. The molecular weight excluding hydrogens is 288 g/mol. The molecule has 1 N–H and O–H groups in total. The quantitative estimate of drug-likeness (QED) is 0.921. The maximum atomic E-state index is 12.2. The number of aryl methyl sites for hydroxylation is 2. The lowest BCUT2D eigenvalue weighted by Gasteiger charge is -2.21. The molecule has 0 bridgehead atoms. The van der Waals surface area contributed by atoms with Crippen LogP contribution in [-0.4, -0.2) is 23.3 Å². The Hall–Kier alpha value is -2.62. The van der Waals surface area contributed by atoms with Gasteiger partial charge in [0.05, 0.1) is 0 Å². The lowest BCUT2D eigenvalue weighted by Crippen LogP contribution is -2.36. The summed E-state index contributed by atoms with van der Waals surface area (Å²) in [7, 11) is 0. The molecule has 0 aromatic heterocycles. The fourth-order valence-electron chi connectivity index (χ4n) is 2.37. The molecule has 23 heavy (non-hydrogen) atoms. The Kier molecular flexibility index (Phi) is 5.52. The fraction of sp³-hybridized carbons (Fsp3) is 0.263. The van der Waals surface area contributed by atoms with Crippen LogP contribution in [0.15, 0.2) is 48.5 Å². The molecule has 0 heterocycles. The first-order valence-corrected chi connectivity index (χ1v) is 7.62. The molecule has 0 aliphatic carbocycles. The number of carbonyl (C=O) groups excluding carboxylic acids is 2. The third kappa shape index (κ3) is 4.95. The van der Waals surface area contributed by atoms with Gasteiger partial charge in [0.25, 0.3) is 0 Å². The highest BCUT2D eigenvalue weighted by Crippen LogP contribution is 2.12. The molecule has 0 atom stereocenters. The summed E-state index contributed by atoms with van der Waals surface area (Å²) in [6.45, 7) is 5.93. The van der Waals surface area contributed by atoms with E-state index in [1.807, 2.05) is 62.4 Å². The molecule has 120 valence electrons. The molecule has 0 unspecified atom stereocenters. The number of amides is 2. The van der Waals surface area contributed by atoms with Crippen LogP contribution in [0.4, 0.5) is 5.69 Å². The van der Waals surface area contributed by atoms with Crippen LogP contribution in [0, 0.1) is 13.8 Å². The van der Waals surface area contributed by atoms with Gasteiger partial charge in [-0.15, -0.1) is 0 Å². The maximum Gasteiger partial charge on any atom is 0.244 e. The van der Waals surface area contributed by atoms with Gasteiger partial charge in [-0.1, -0.05) is 36.4 Å².